The number of nitrogens with one attached hydrogen (secondary N) is 3. The van der Waals surface area contributed by atoms with Crippen molar-refractivity contribution in [2.45, 2.75) is 40.3 Å². The standard InChI is InChI=1S/C22H24N4O5/c1-5-26-17-10-9-15(11-16(17)23-21(29)22(26)30)20(28)25-24-19(27)14(4)31-18-8-6-7-12(2)13(18)3/h6-11,14H,5H2,1-4H3,(H,23,29)(H,24,27)(H,25,28)/t14-/m1/s1. The molecule has 0 fully saturated rings. The number of benzene rings is 2. The third-order valence-electron chi connectivity index (χ3n) is 5.08. The third-order valence-corrected chi connectivity index (χ3v) is 5.08. The van der Waals surface area contributed by atoms with E-state index in [4.69, 9.17) is 4.74 Å². The number of fused-ring (bicyclic) bond motifs is 1. The lowest BCUT2D eigenvalue weighted by molar-refractivity contribution is -0.128. The first-order chi connectivity index (χ1) is 14.7. The van der Waals surface area contributed by atoms with E-state index in [0.717, 1.165) is 11.1 Å². The molecule has 0 aliphatic heterocycles. The second-order valence-corrected chi connectivity index (χ2v) is 7.14. The van der Waals surface area contributed by atoms with E-state index in [0.29, 0.717) is 23.3 Å². The molecule has 0 saturated carbocycles. The fourth-order valence-corrected chi connectivity index (χ4v) is 3.12. The van der Waals surface area contributed by atoms with Crippen LogP contribution in [0.3, 0.4) is 0 Å². The predicted molar refractivity (Wildman–Crippen MR) is 116 cm³/mol. The first-order valence-corrected chi connectivity index (χ1v) is 9.82. The Morgan fingerprint density at radius 1 is 1.13 bits per heavy atom. The SMILES string of the molecule is CCn1c(=O)c(=O)[nH]c2cc(C(=O)NNC(=O)[C@@H](C)Oc3cccc(C)c3C)ccc21. The summed E-state index contributed by atoms with van der Waals surface area (Å²) in [4.78, 5) is 51.0. The van der Waals surface area contributed by atoms with Crippen molar-refractivity contribution < 1.29 is 14.3 Å². The second-order valence-electron chi connectivity index (χ2n) is 7.14. The summed E-state index contributed by atoms with van der Waals surface area (Å²) in [5.41, 5.74) is 6.27. The smallest absolute Gasteiger partial charge is 0.316 e. The van der Waals surface area contributed by atoms with Gasteiger partial charge in [-0.05, 0) is 63.1 Å². The van der Waals surface area contributed by atoms with Gasteiger partial charge < -0.3 is 14.3 Å². The monoisotopic (exact) mass is 424 g/mol. The zero-order valence-corrected chi connectivity index (χ0v) is 17.7. The molecule has 0 unspecified atom stereocenters. The Hall–Kier alpha value is -3.88. The maximum absolute atomic E-state index is 12.5. The maximum atomic E-state index is 12.5. The minimum absolute atomic E-state index is 0.202. The highest BCUT2D eigenvalue weighted by molar-refractivity contribution is 5.98. The molecule has 0 aliphatic carbocycles. The predicted octanol–water partition coefficient (Wildman–Crippen LogP) is 1.56. The topological polar surface area (TPSA) is 122 Å². The largest absolute Gasteiger partial charge is 0.481 e. The molecule has 0 bridgehead atoms. The number of aromatic nitrogens is 2. The summed E-state index contributed by atoms with van der Waals surface area (Å²) in [6.07, 6.45) is -0.840. The van der Waals surface area contributed by atoms with Crippen LogP contribution in [0.5, 0.6) is 5.75 Å². The molecule has 31 heavy (non-hydrogen) atoms. The van der Waals surface area contributed by atoms with E-state index in [2.05, 4.69) is 15.8 Å². The van der Waals surface area contributed by atoms with Gasteiger partial charge in [0.2, 0.25) is 0 Å². The molecule has 2 aromatic carbocycles. The van der Waals surface area contributed by atoms with Gasteiger partial charge in [0.05, 0.1) is 11.0 Å². The molecule has 1 heterocycles. The summed E-state index contributed by atoms with van der Waals surface area (Å²) in [7, 11) is 0. The van der Waals surface area contributed by atoms with E-state index < -0.39 is 29.0 Å². The van der Waals surface area contributed by atoms with Crippen LogP contribution >= 0.6 is 0 Å². The van der Waals surface area contributed by atoms with Gasteiger partial charge in [0.25, 0.3) is 11.8 Å². The number of ether oxygens (including phenoxy) is 1. The van der Waals surface area contributed by atoms with E-state index in [1.165, 1.54) is 16.7 Å². The lowest BCUT2D eigenvalue weighted by atomic mass is 10.1. The minimum atomic E-state index is -0.840. The average molecular weight is 424 g/mol. The van der Waals surface area contributed by atoms with Crippen LogP contribution in [0.2, 0.25) is 0 Å². The van der Waals surface area contributed by atoms with Crippen LogP contribution in [-0.4, -0.2) is 27.5 Å². The van der Waals surface area contributed by atoms with Gasteiger partial charge >= 0.3 is 11.1 Å². The van der Waals surface area contributed by atoms with E-state index in [1.54, 1.807) is 26.0 Å². The molecular formula is C22H24N4O5. The number of hydrogen-bond donors (Lipinski definition) is 3. The summed E-state index contributed by atoms with van der Waals surface area (Å²) in [6.45, 7) is 7.49. The van der Waals surface area contributed by atoms with Crippen LogP contribution in [0.15, 0.2) is 46.0 Å². The summed E-state index contributed by atoms with van der Waals surface area (Å²) >= 11 is 0. The van der Waals surface area contributed by atoms with Crippen molar-refractivity contribution in [1.29, 1.82) is 0 Å². The normalized spacial score (nSPS) is 11.7. The zero-order valence-electron chi connectivity index (χ0n) is 17.7. The number of hydrogen-bond acceptors (Lipinski definition) is 5. The lowest BCUT2D eigenvalue weighted by Crippen LogP contribution is -2.47. The fraction of sp³-hybridized carbons (Fsp3) is 0.273. The van der Waals surface area contributed by atoms with Gasteiger partial charge in [0.1, 0.15) is 5.75 Å². The Labute approximate surface area is 178 Å². The number of hydrazine groups is 1. The second kappa shape index (κ2) is 8.86. The molecule has 3 rings (SSSR count). The minimum Gasteiger partial charge on any atom is -0.481 e. The molecule has 2 amide bonds. The number of H-pyrrole nitrogens is 1. The molecule has 0 aliphatic rings. The molecule has 1 aromatic heterocycles. The van der Waals surface area contributed by atoms with E-state index in [-0.39, 0.29) is 5.56 Å². The number of rotatable bonds is 5. The maximum Gasteiger partial charge on any atom is 0.316 e. The molecule has 0 spiro atoms. The summed E-state index contributed by atoms with van der Waals surface area (Å²) in [6, 6.07) is 10.1. The van der Waals surface area contributed by atoms with Crippen molar-refractivity contribution in [3.63, 3.8) is 0 Å². The number of amides is 2. The summed E-state index contributed by atoms with van der Waals surface area (Å²) in [5.74, 6) is -0.512. The highest BCUT2D eigenvalue weighted by atomic mass is 16.5. The zero-order chi connectivity index (χ0) is 22.7. The van der Waals surface area contributed by atoms with E-state index in [9.17, 15) is 19.2 Å². The highest BCUT2D eigenvalue weighted by Gasteiger charge is 2.17. The van der Waals surface area contributed by atoms with Crippen molar-refractivity contribution in [1.82, 2.24) is 20.4 Å². The number of carbonyl (C=O) groups is 2. The Morgan fingerprint density at radius 2 is 1.87 bits per heavy atom. The molecule has 0 saturated heterocycles. The Morgan fingerprint density at radius 3 is 2.58 bits per heavy atom. The molecule has 9 heteroatoms. The molecule has 1 atom stereocenters. The highest BCUT2D eigenvalue weighted by Crippen LogP contribution is 2.21. The van der Waals surface area contributed by atoms with Crippen molar-refractivity contribution in [3.05, 3.63) is 73.8 Å². The molecule has 3 N–H and O–H groups in total. The quantitative estimate of drug-likeness (QED) is 0.424. The van der Waals surface area contributed by atoms with Crippen LogP contribution < -0.4 is 26.7 Å². The third kappa shape index (κ3) is 4.50. The van der Waals surface area contributed by atoms with E-state index in [1.807, 2.05) is 26.0 Å². The lowest BCUT2D eigenvalue weighted by Gasteiger charge is -2.17. The summed E-state index contributed by atoms with van der Waals surface area (Å²) < 4.78 is 7.02. The first kappa shape index (κ1) is 21.8. The molecule has 3 aromatic rings. The van der Waals surface area contributed by atoms with Crippen LogP contribution in [0.4, 0.5) is 0 Å². The van der Waals surface area contributed by atoms with Gasteiger partial charge in [0.15, 0.2) is 6.10 Å². The molecule has 0 radical (unpaired) electrons. The number of aromatic amines is 1. The number of carbonyl (C=O) groups excluding carboxylic acids is 2. The van der Waals surface area contributed by atoms with Crippen LogP contribution in [0.25, 0.3) is 11.0 Å². The van der Waals surface area contributed by atoms with Gasteiger partial charge in [-0.25, -0.2) is 0 Å². The first-order valence-electron chi connectivity index (χ1n) is 9.82. The van der Waals surface area contributed by atoms with Crippen molar-refractivity contribution in [2.75, 3.05) is 0 Å². The number of nitrogens with zero attached hydrogens (tertiary/aromatic N) is 1. The van der Waals surface area contributed by atoms with Gasteiger partial charge in [-0.3, -0.25) is 30.0 Å². The Bertz CT molecular complexity index is 1280. The van der Waals surface area contributed by atoms with Crippen LogP contribution in [-0.2, 0) is 11.3 Å². The summed E-state index contributed by atoms with van der Waals surface area (Å²) in [5, 5.41) is 0. The van der Waals surface area contributed by atoms with Crippen molar-refractivity contribution in [2.24, 2.45) is 0 Å². The van der Waals surface area contributed by atoms with Gasteiger partial charge in [-0.1, -0.05) is 12.1 Å². The fourth-order valence-electron chi connectivity index (χ4n) is 3.12. The van der Waals surface area contributed by atoms with Gasteiger partial charge in [0, 0.05) is 12.1 Å². The molecule has 162 valence electrons. The number of aryl methyl sites for hydroxylation is 2. The van der Waals surface area contributed by atoms with Crippen LogP contribution in [0, 0.1) is 13.8 Å². The van der Waals surface area contributed by atoms with E-state index >= 15 is 0 Å². The van der Waals surface area contributed by atoms with Crippen molar-refractivity contribution >= 4 is 22.8 Å². The Kier molecular flexibility index (Phi) is 6.24. The van der Waals surface area contributed by atoms with Gasteiger partial charge in [-0.15, -0.1) is 0 Å². The Balaban J connectivity index is 1.70. The van der Waals surface area contributed by atoms with Gasteiger partial charge in [-0.2, -0.15) is 0 Å². The molecular weight excluding hydrogens is 400 g/mol. The van der Waals surface area contributed by atoms with Crippen LogP contribution in [0.1, 0.15) is 35.3 Å². The van der Waals surface area contributed by atoms with Crippen molar-refractivity contribution in [3.8, 4) is 5.75 Å². The molecule has 9 nitrogen and oxygen atoms in total. The average Bonchev–Trinajstić information content (AvgIpc) is 2.75.